The van der Waals surface area contributed by atoms with E-state index in [1.165, 1.54) is 34.0 Å². The lowest BCUT2D eigenvalue weighted by molar-refractivity contribution is 0.168. The highest BCUT2D eigenvalue weighted by molar-refractivity contribution is 6.51. The van der Waals surface area contributed by atoms with Gasteiger partial charge in [0.05, 0.1) is 24.9 Å². The number of aliphatic hydroxyl groups is 1. The topological polar surface area (TPSA) is 54.5 Å². The number of rotatable bonds is 7. The highest BCUT2D eigenvalue weighted by atomic mass is 19.1. The molecule has 1 radical (unpaired) electrons. The van der Waals surface area contributed by atoms with E-state index in [1.807, 2.05) is 0 Å². The predicted octanol–water partition coefficient (Wildman–Crippen LogP) is 3.39. The lowest BCUT2D eigenvalue weighted by atomic mass is 9.90. The first-order valence-corrected chi connectivity index (χ1v) is 12.2. The summed E-state index contributed by atoms with van der Waals surface area (Å²) in [5.74, 6) is 0.566. The minimum absolute atomic E-state index is 0.0250. The van der Waals surface area contributed by atoms with Crippen LogP contribution in [0.3, 0.4) is 0 Å². The van der Waals surface area contributed by atoms with Gasteiger partial charge in [-0.25, -0.2) is 0 Å². The summed E-state index contributed by atoms with van der Waals surface area (Å²) in [6.07, 6.45) is 2.35. The van der Waals surface area contributed by atoms with Crippen LogP contribution < -0.4 is 5.32 Å². The number of anilines is 1. The molecule has 2 saturated heterocycles. The van der Waals surface area contributed by atoms with E-state index in [4.69, 9.17) is 0 Å². The Bertz CT molecular complexity index is 1120. The van der Waals surface area contributed by atoms with Crippen molar-refractivity contribution in [1.29, 1.82) is 0 Å². The Labute approximate surface area is 195 Å². The molecule has 2 fully saturated rings. The van der Waals surface area contributed by atoms with E-state index < -0.39 is 6.10 Å². The van der Waals surface area contributed by atoms with E-state index >= 15 is 0 Å². The van der Waals surface area contributed by atoms with Crippen molar-refractivity contribution in [3.05, 3.63) is 65.4 Å². The van der Waals surface area contributed by atoms with Crippen molar-refractivity contribution in [1.82, 2.24) is 14.8 Å². The van der Waals surface area contributed by atoms with Gasteiger partial charge in [-0.2, -0.15) is 0 Å². The van der Waals surface area contributed by atoms with Gasteiger partial charge >= 0.3 is 0 Å². The molecule has 4 atom stereocenters. The monoisotopic (exact) mass is 445 g/mol. The zero-order valence-electron chi connectivity index (χ0n) is 18.9. The summed E-state index contributed by atoms with van der Waals surface area (Å²) < 4.78 is 12.5. The van der Waals surface area contributed by atoms with Crippen LogP contribution in [-0.2, 0) is 6.42 Å². The van der Waals surface area contributed by atoms with E-state index in [2.05, 4.69) is 75.9 Å². The van der Waals surface area contributed by atoms with Crippen molar-refractivity contribution in [2.24, 2.45) is 0 Å². The number of nitrogens with one attached hydrogen (secondary N) is 2. The largest absolute Gasteiger partial charge is 0.390 e. The molecule has 0 spiro atoms. The van der Waals surface area contributed by atoms with Crippen molar-refractivity contribution in [3.63, 3.8) is 0 Å². The van der Waals surface area contributed by atoms with Gasteiger partial charge in [-0.05, 0) is 48.1 Å². The van der Waals surface area contributed by atoms with Gasteiger partial charge in [0.15, 0.2) is 0 Å². The average Bonchev–Trinajstić information content (AvgIpc) is 3.53. The lowest BCUT2D eigenvalue weighted by Gasteiger charge is -2.37. The van der Waals surface area contributed by atoms with Gasteiger partial charge in [0.25, 0.3) is 0 Å². The minimum atomic E-state index is -0.433. The SMILES string of the molecule is OC1CN(CCCF)CC1Nc1ccc(C2c3[nH]c4ccccc4c3CCN2C2[B]C2)cc1. The summed E-state index contributed by atoms with van der Waals surface area (Å²) in [5.41, 5.74) is 6.33. The van der Waals surface area contributed by atoms with E-state index in [9.17, 15) is 9.50 Å². The molecule has 33 heavy (non-hydrogen) atoms. The molecule has 3 aliphatic rings. The number of H-pyrrole nitrogens is 1. The molecule has 2 aromatic carbocycles. The van der Waals surface area contributed by atoms with E-state index in [1.54, 1.807) is 0 Å². The molecule has 5 nitrogen and oxygen atoms in total. The van der Waals surface area contributed by atoms with Crippen LogP contribution in [0.1, 0.15) is 29.3 Å². The van der Waals surface area contributed by atoms with Crippen LogP contribution in [0, 0.1) is 0 Å². The van der Waals surface area contributed by atoms with E-state index in [-0.39, 0.29) is 18.8 Å². The summed E-state index contributed by atoms with van der Waals surface area (Å²) in [6, 6.07) is 17.6. The number of aromatic amines is 1. The number of hydrogen-bond acceptors (Lipinski definition) is 4. The number of likely N-dealkylation sites (tertiary alicyclic amines) is 1. The summed E-state index contributed by atoms with van der Waals surface area (Å²) in [6.45, 7) is 2.82. The fourth-order valence-corrected chi connectivity index (χ4v) is 5.76. The normalized spacial score (nSPS) is 27.5. The van der Waals surface area contributed by atoms with E-state index in [0.717, 1.165) is 25.2 Å². The third kappa shape index (κ3) is 4.07. The number of aromatic nitrogens is 1. The molecule has 0 saturated carbocycles. The molecule has 4 unspecified atom stereocenters. The first kappa shape index (κ1) is 21.2. The summed E-state index contributed by atoms with van der Waals surface area (Å²) in [5, 5.41) is 15.3. The predicted molar refractivity (Wildman–Crippen MR) is 132 cm³/mol. The smallest absolute Gasteiger partial charge is 0.133 e. The van der Waals surface area contributed by atoms with Gasteiger partial charge in [0.1, 0.15) is 7.28 Å². The summed E-state index contributed by atoms with van der Waals surface area (Å²) >= 11 is 0. The number of hydrogen-bond donors (Lipinski definition) is 3. The van der Waals surface area contributed by atoms with Crippen LogP contribution in [0.25, 0.3) is 10.9 Å². The molecule has 7 heteroatoms. The maximum Gasteiger partial charge on any atom is 0.133 e. The number of fused-ring (bicyclic) bond motifs is 3. The molecule has 3 N–H and O–H groups in total. The van der Waals surface area contributed by atoms with Gasteiger partial charge in [-0.1, -0.05) is 36.7 Å². The van der Waals surface area contributed by atoms with Crippen LogP contribution >= 0.6 is 0 Å². The quantitative estimate of drug-likeness (QED) is 0.488. The maximum absolute atomic E-state index is 12.5. The van der Waals surface area contributed by atoms with Gasteiger partial charge < -0.3 is 15.4 Å². The molecule has 0 aliphatic carbocycles. The Balaban J connectivity index is 1.24. The fourth-order valence-electron chi connectivity index (χ4n) is 5.76. The van der Waals surface area contributed by atoms with Gasteiger partial charge in [-0.3, -0.25) is 14.2 Å². The van der Waals surface area contributed by atoms with Crippen LogP contribution in [-0.4, -0.2) is 78.1 Å². The van der Waals surface area contributed by atoms with Crippen LogP contribution in [0.4, 0.5) is 10.1 Å². The molecule has 6 rings (SSSR count). The lowest BCUT2D eigenvalue weighted by Crippen LogP contribution is -2.38. The third-order valence-corrected chi connectivity index (χ3v) is 7.50. The Hall–Kier alpha value is -2.35. The minimum Gasteiger partial charge on any atom is -0.390 e. The Morgan fingerprint density at radius 1 is 1.12 bits per heavy atom. The Kier molecular flexibility index (Phi) is 5.64. The second-order valence-corrected chi connectivity index (χ2v) is 9.73. The molecule has 0 amide bonds. The number of halogens is 1. The van der Waals surface area contributed by atoms with Crippen molar-refractivity contribution in [3.8, 4) is 0 Å². The van der Waals surface area contributed by atoms with Crippen LogP contribution in [0.5, 0.6) is 0 Å². The Morgan fingerprint density at radius 2 is 1.94 bits per heavy atom. The first-order valence-electron chi connectivity index (χ1n) is 12.2. The van der Waals surface area contributed by atoms with E-state index in [0.29, 0.717) is 25.5 Å². The highest BCUT2D eigenvalue weighted by Gasteiger charge is 2.40. The molecule has 0 bridgehead atoms. The van der Waals surface area contributed by atoms with Crippen molar-refractivity contribution in [2.45, 2.75) is 43.3 Å². The standard InChI is InChI=1S/C26H31BFN4O/c28-11-3-12-31-15-22(23(33)16-31)29-18-8-6-17(7-9-18)26-25-20(10-13-32(26)24-14-27-24)19-4-1-2-5-21(19)30-25/h1-2,4-9,22-24,26,29-30,33H,3,10-16H2. The van der Waals surface area contributed by atoms with Crippen LogP contribution in [0.2, 0.25) is 6.32 Å². The van der Waals surface area contributed by atoms with Gasteiger partial charge in [0, 0.05) is 48.5 Å². The summed E-state index contributed by atoms with van der Waals surface area (Å²) in [4.78, 5) is 8.51. The molecular weight excluding hydrogens is 414 g/mol. The molecule has 171 valence electrons. The van der Waals surface area contributed by atoms with Crippen molar-refractivity contribution < 1.29 is 9.50 Å². The number of β-amino-alcohol motifs (C(OH)–C–C–N with tert-alkyl or cyclic N) is 1. The number of aliphatic hydroxyl groups excluding tert-OH is 1. The first-order chi connectivity index (χ1) is 16.2. The van der Waals surface area contributed by atoms with Gasteiger partial charge in [-0.15, -0.1) is 0 Å². The van der Waals surface area contributed by atoms with Crippen LogP contribution in [0.15, 0.2) is 48.5 Å². The zero-order chi connectivity index (χ0) is 22.4. The highest BCUT2D eigenvalue weighted by Crippen LogP contribution is 2.42. The fraction of sp³-hybridized carbons (Fsp3) is 0.462. The van der Waals surface area contributed by atoms with Crippen molar-refractivity contribution >= 4 is 23.9 Å². The number of alkyl halides is 1. The average molecular weight is 445 g/mol. The third-order valence-electron chi connectivity index (χ3n) is 7.50. The zero-order valence-corrected chi connectivity index (χ0v) is 18.9. The Morgan fingerprint density at radius 3 is 2.73 bits per heavy atom. The molecular formula is C26H31BFN4O. The summed E-state index contributed by atoms with van der Waals surface area (Å²) in [7, 11) is 2.40. The number of benzene rings is 2. The molecule has 3 aromatic rings. The number of para-hydroxylation sites is 1. The second kappa shape index (κ2) is 8.78. The molecule has 1 aromatic heterocycles. The molecule has 3 aliphatic heterocycles. The number of nitrogens with zero attached hydrogens (tertiary/aromatic N) is 2. The second-order valence-electron chi connectivity index (χ2n) is 9.73. The van der Waals surface area contributed by atoms with Gasteiger partial charge in [0.2, 0.25) is 0 Å². The van der Waals surface area contributed by atoms with Crippen molar-refractivity contribution in [2.75, 3.05) is 38.2 Å². The maximum atomic E-state index is 12.5. The molecule has 4 heterocycles.